The predicted octanol–water partition coefficient (Wildman–Crippen LogP) is 6.28. The first-order chi connectivity index (χ1) is 16.2. The number of rotatable bonds is 9. The van der Waals surface area contributed by atoms with Crippen molar-refractivity contribution in [1.82, 2.24) is 13.9 Å². The van der Waals surface area contributed by atoms with Gasteiger partial charge in [-0.25, -0.2) is 30.9 Å². The molecule has 0 spiro atoms. The maximum Gasteiger partial charge on any atom is 0.242 e. The minimum absolute atomic E-state index is 0.0507. The van der Waals surface area contributed by atoms with Crippen molar-refractivity contribution < 1.29 is 21.6 Å². The van der Waals surface area contributed by atoms with Gasteiger partial charge in [0.15, 0.2) is 16.8 Å². The molecule has 0 aliphatic heterocycles. The number of hydrogen-bond donors (Lipinski definition) is 0. The molecule has 1 aliphatic carbocycles. The summed E-state index contributed by atoms with van der Waals surface area (Å²) in [6.45, 7) is 2.45. The van der Waals surface area contributed by atoms with E-state index < -0.39 is 27.5 Å². The number of nitrogens with zero attached hydrogens (tertiary/aromatic N) is 3. The fraction of sp³-hybridized carbons (Fsp3) is 0.458. The lowest BCUT2D eigenvalue weighted by Gasteiger charge is -2.18. The number of aromatic nitrogens is 2. The summed E-state index contributed by atoms with van der Waals surface area (Å²) in [6, 6.07) is 6.60. The fourth-order valence-electron chi connectivity index (χ4n) is 4.33. The Kier molecular flexibility index (Phi) is 7.59. The van der Waals surface area contributed by atoms with Crippen molar-refractivity contribution >= 4 is 32.8 Å². The fourth-order valence-corrected chi connectivity index (χ4v) is 6.62. The highest BCUT2D eigenvalue weighted by Gasteiger charge is 2.26. The van der Waals surface area contributed by atoms with E-state index in [0.29, 0.717) is 23.3 Å². The number of imidazole rings is 1. The van der Waals surface area contributed by atoms with Gasteiger partial charge in [0.05, 0.1) is 15.9 Å². The van der Waals surface area contributed by atoms with Crippen LogP contribution in [0.2, 0.25) is 0 Å². The molecular weight excluding hydrogens is 483 g/mol. The Hall–Kier alpha value is -2.04. The van der Waals surface area contributed by atoms with Crippen LogP contribution in [-0.4, -0.2) is 35.9 Å². The molecule has 4 rings (SSSR count). The van der Waals surface area contributed by atoms with Crippen molar-refractivity contribution in [3.8, 4) is 0 Å². The molecule has 0 bridgehead atoms. The number of sulfonamides is 1. The minimum atomic E-state index is -3.64. The van der Waals surface area contributed by atoms with Gasteiger partial charge < -0.3 is 4.57 Å². The zero-order valence-corrected chi connectivity index (χ0v) is 20.9. The van der Waals surface area contributed by atoms with Crippen molar-refractivity contribution in [3.63, 3.8) is 0 Å². The molecule has 0 unspecified atom stereocenters. The molecule has 0 N–H and O–H groups in total. The standard InChI is InChI=1S/C24H28F3N3O2S2/c1-3-4-11-29(2)34(31,32)18-9-10-23-22(13-18)28-24(30(23)17-7-5-6-8-17)33-15-16-12-20(26)21(27)14-19(16)25/h9-10,12-14,17H,3-8,11,15H2,1-2H3. The summed E-state index contributed by atoms with van der Waals surface area (Å²) >= 11 is 1.24. The number of fused-ring (bicyclic) bond motifs is 1. The summed E-state index contributed by atoms with van der Waals surface area (Å²) < 4.78 is 70.6. The van der Waals surface area contributed by atoms with Crippen LogP contribution in [0.4, 0.5) is 13.2 Å². The van der Waals surface area contributed by atoms with E-state index in [4.69, 9.17) is 4.98 Å². The van der Waals surface area contributed by atoms with Gasteiger partial charge in [-0.2, -0.15) is 0 Å². The van der Waals surface area contributed by atoms with Crippen molar-refractivity contribution in [2.45, 2.75) is 67.3 Å². The summed E-state index contributed by atoms with van der Waals surface area (Å²) in [5, 5.41) is 0.611. The molecule has 1 saturated carbocycles. The Morgan fingerprint density at radius 2 is 1.79 bits per heavy atom. The molecule has 1 aliphatic rings. The molecule has 1 fully saturated rings. The quantitative estimate of drug-likeness (QED) is 0.251. The maximum atomic E-state index is 14.2. The minimum Gasteiger partial charge on any atom is -0.316 e. The highest BCUT2D eigenvalue weighted by atomic mass is 32.2. The largest absolute Gasteiger partial charge is 0.316 e. The van der Waals surface area contributed by atoms with E-state index in [9.17, 15) is 21.6 Å². The summed E-state index contributed by atoms with van der Waals surface area (Å²) in [5.41, 5.74) is 1.41. The van der Waals surface area contributed by atoms with Crippen molar-refractivity contribution in [2.24, 2.45) is 0 Å². The number of hydrogen-bond acceptors (Lipinski definition) is 4. The Morgan fingerprint density at radius 1 is 1.09 bits per heavy atom. The molecule has 0 amide bonds. The summed E-state index contributed by atoms with van der Waals surface area (Å²) in [5.74, 6) is -3.05. The van der Waals surface area contributed by atoms with Crippen LogP contribution in [-0.2, 0) is 15.8 Å². The molecule has 0 atom stereocenters. The number of benzene rings is 2. The molecule has 0 radical (unpaired) electrons. The van der Waals surface area contributed by atoms with Gasteiger partial charge in [-0.15, -0.1) is 0 Å². The van der Waals surface area contributed by atoms with Crippen LogP contribution < -0.4 is 0 Å². The first-order valence-electron chi connectivity index (χ1n) is 11.5. The normalized spacial score (nSPS) is 15.1. The third-order valence-corrected chi connectivity index (χ3v) is 9.15. The molecule has 34 heavy (non-hydrogen) atoms. The van der Waals surface area contributed by atoms with Crippen LogP contribution in [0.15, 0.2) is 40.4 Å². The number of unbranched alkanes of at least 4 members (excludes halogenated alkanes) is 1. The molecule has 184 valence electrons. The van der Waals surface area contributed by atoms with Crippen LogP contribution >= 0.6 is 11.8 Å². The Balaban J connectivity index is 1.70. The van der Waals surface area contributed by atoms with E-state index >= 15 is 0 Å². The molecule has 5 nitrogen and oxygen atoms in total. The monoisotopic (exact) mass is 511 g/mol. The summed E-state index contributed by atoms with van der Waals surface area (Å²) in [6.07, 6.45) is 5.78. The Labute approximate surface area is 202 Å². The van der Waals surface area contributed by atoms with Gasteiger partial charge in [0.1, 0.15) is 5.82 Å². The SMILES string of the molecule is CCCCN(C)S(=O)(=O)c1ccc2c(c1)nc(SCc1cc(F)c(F)cc1F)n2C1CCCC1. The van der Waals surface area contributed by atoms with E-state index in [-0.39, 0.29) is 22.3 Å². The Bertz CT molecular complexity index is 1290. The lowest BCUT2D eigenvalue weighted by atomic mass is 10.2. The molecule has 0 saturated heterocycles. The van der Waals surface area contributed by atoms with Crippen LogP contribution in [0.5, 0.6) is 0 Å². The van der Waals surface area contributed by atoms with Crippen molar-refractivity contribution in [1.29, 1.82) is 0 Å². The molecule has 2 aromatic carbocycles. The van der Waals surface area contributed by atoms with Gasteiger partial charge in [0.2, 0.25) is 10.0 Å². The van der Waals surface area contributed by atoms with Crippen molar-refractivity contribution in [2.75, 3.05) is 13.6 Å². The zero-order chi connectivity index (χ0) is 24.5. The average molecular weight is 512 g/mol. The lowest BCUT2D eigenvalue weighted by Crippen LogP contribution is -2.27. The predicted molar refractivity (Wildman–Crippen MR) is 128 cm³/mol. The second-order valence-electron chi connectivity index (χ2n) is 8.68. The third kappa shape index (κ3) is 4.99. The van der Waals surface area contributed by atoms with Gasteiger partial charge in [-0.1, -0.05) is 37.9 Å². The molecular formula is C24H28F3N3O2S2. The van der Waals surface area contributed by atoms with E-state index in [0.717, 1.165) is 50.1 Å². The van der Waals surface area contributed by atoms with E-state index in [2.05, 4.69) is 4.57 Å². The van der Waals surface area contributed by atoms with Gasteiger partial charge >= 0.3 is 0 Å². The zero-order valence-electron chi connectivity index (χ0n) is 19.2. The van der Waals surface area contributed by atoms with Crippen LogP contribution in [0.25, 0.3) is 11.0 Å². The maximum absolute atomic E-state index is 14.2. The third-order valence-electron chi connectivity index (χ3n) is 6.30. The van der Waals surface area contributed by atoms with Gasteiger partial charge in [-0.3, -0.25) is 0 Å². The second-order valence-corrected chi connectivity index (χ2v) is 11.7. The highest BCUT2D eigenvalue weighted by Crippen LogP contribution is 2.38. The van der Waals surface area contributed by atoms with Crippen LogP contribution in [0.3, 0.4) is 0 Å². The smallest absolute Gasteiger partial charge is 0.242 e. The first-order valence-corrected chi connectivity index (χ1v) is 13.9. The summed E-state index contributed by atoms with van der Waals surface area (Å²) in [4.78, 5) is 4.87. The van der Waals surface area contributed by atoms with Gasteiger partial charge in [0, 0.05) is 37.0 Å². The molecule has 10 heteroatoms. The van der Waals surface area contributed by atoms with E-state index in [1.807, 2.05) is 6.92 Å². The highest BCUT2D eigenvalue weighted by molar-refractivity contribution is 7.98. The van der Waals surface area contributed by atoms with Gasteiger partial charge in [-0.05, 0) is 43.5 Å². The first kappa shape index (κ1) is 25.1. The van der Waals surface area contributed by atoms with Crippen molar-refractivity contribution in [3.05, 3.63) is 53.3 Å². The second kappa shape index (κ2) is 10.3. The van der Waals surface area contributed by atoms with Crippen LogP contribution in [0, 0.1) is 17.5 Å². The van der Waals surface area contributed by atoms with Gasteiger partial charge in [0.25, 0.3) is 0 Å². The topological polar surface area (TPSA) is 55.2 Å². The summed E-state index contributed by atoms with van der Waals surface area (Å²) in [7, 11) is -2.07. The van der Waals surface area contributed by atoms with Crippen LogP contribution in [0.1, 0.15) is 57.1 Å². The molecule has 1 aromatic heterocycles. The average Bonchev–Trinajstić information content (AvgIpc) is 3.45. The van der Waals surface area contributed by atoms with E-state index in [1.165, 1.54) is 16.1 Å². The van der Waals surface area contributed by atoms with E-state index in [1.54, 1.807) is 25.2 Å². The molecule has 1 heterocycles. The molecule has 3 aromatic rings. The number of halogens is 3. The lowest BCUT2D eigenvalue weighted by molar-refractivity contribution is 0.459. The number of thioether (sulfide) groups is 1. The Morgan fingerprint density at radius 3 is 2.50 bits per heavy atom.